The van der Waals surface area contributed by atoms with E-state index in [4.69, 9.17) is 19.9 Å². The van der Waals surface area contributed by atoms with E-state index in [9.17, 15) is 23.1 Å². The molecule has 6 heterocycles. The number of carbonyl (C=O) groups excluding carboxylic acids is 1. The van der Waals surface area contributed by atoms with Gasteiger partial charge in [0.25, 0.3) is 5.91 Å². The molecule has 21 heteroatoms. The second-order valence-corrected chi connectivity index (χ2v) is 32.3. The van der Waals surface area contributed by atoms with Gasteiger partial charge in [0.05, 0.1) is 54.0 Å². The van der Waals surface area contributed by atoms with Gasteiger partial charge in [-0.2, -0.15) is 20.4 Å². The van der Waals surface area contributed by atoms with Gasteiger partial charge in [0.2, 0.25) is 0 Å². The molecule has 4 unspecified atom stereocenters. The molecule has 4 aromatic heterocycles. The van der Waals surface area contributed by atoms with E-state index in [1.54, 1.807) is 57.9 Å². The van der Waals surface area contributed by atoms with Crippen LogP contribution in [0.25, 0.3) is 0 Å². The molecule has 18 nitrogen and oxygen atoms in total. The molecule has 10 rings (SSSR count). The summed E-state index contributed by atoms with van der Waals surface area (Å²) in [5.41, 5.74) is 14.2. The molecule has 1 amide bonds. The normalized spacial score (nSPS) is 19.4. The fourth-order valence-electron chi connectivity index (χ4n) is 10.7. The van der Waals surface area contributed by atoms with Crippen molar-refractivity contribution in [3.05, 3.63) is 118 Å². The van der Waals surface area contributed by atoms with E-state index in [0.29, 0.717) is 42.9 Å². The quantitative estimate of drug-likeness (QED) is 0.0401. The predicted molar refractivity (Wildman–Crippen MR) is 302 cm³/mol. The van der Waals surface area contributed by atoms with Crippen LogP contribution in [0.1, 0.15) is 120 Å². The fourth-order valence-corrected chi connectivity index (χ4v) is 12.6. The molecule has 2 aliphatic carbocycles. The number of nitrogens with one attached hydrogen (secondary N) is 2. The summed E-state index contributed by atoms with van der Waals surface area (Å²) in [6.45, 7) is 19.8. The average molecular weight is 1110 g/mol. The summed E-state index contributed by atoms with van der Waals surface area (Å²) < 4.78 is 46.8. The van der Waals surface area contributed by atoms with Gasteiger partial charge in [-0.25, -0.2) is 17.9 Å². The second-order valence-electron chi connectivity index (χ2n) is 23.8. The molecule has 2 fully saturated rings. The maximum Gasteiger partial charge on any atom is 0.356 e. The van der Waals surface area contributed by atoms with E-state index < -0.39 is 23.9 Å². The number of H-pyrrole nitrogens is 1. The van der Waals surface area contributed by atoms with Crippen LogP contribution in [-0.4, -0.2) is 119 Å². The van der Waals surface area contributed by atoms with Gasteiger partial charge >= 0.3 is 5.97 Å². The number of benzene rings is 2. The lowest BCUT2D eigenvalue weighted by molar-refractivity contribution is 0.0667. The summed E-state index contributed by atoms with van der Waals surface area (Å²) >= 11 is 1.76. The minimum Gasteiger partial charge on any atom is -0.476 e. The number of nitrogens with zero attached hydrogens (tertiary/aromatic N) is 7. The number of aromatic carboxylic acids is 1. The van der Waals surface area contributed by atoms with Crippen LogP contribution >= 0.6 is 11.8 Å². The Morgan fingerprint density at radius 2 is 1.52 bits per heavy atom. The van der Waals surface area contributed by atoms with Gasteiger partial charge in [-0.1, -0.05) is 71.6 Å². The highest BCUT2D eigenvalue weighted by atomic mass is 32.2. The van der Waals surface area contributed by atoms with Crippen LogP contribution in [0.4, 0.5) is 11.4 Å². The van der Waals surface area contributed by atoms with E-state index >= 15 is 0 Å². The first-order valence-electron chi connectivity index (χ1n) is 26.7. The zero-order chi connectivity index (χ0) is 55.3. The lowest BCUT2D eigenvalue weighted by Crippen LogP contribution is -2.25. The zero-order valence-corrected chi connectivity index (χ0v) is 48.8. The highest BCUT2D eigenvalue weighted by molar-refractivity contribution is 7.98. The molecule has 5 N–H and O–H groups in total. The number of nitrogen functional groups attached to an aromatic ring is 1. The van der Waals surface area contributed by atoms with E-state index in [-0.39, 0.29) is 45.3 Å². The van der Waals surface area contributed by atoms with Gasteiger partial charge in [0, 0.05) is 85.8 Å². The number of aromatic nitrogens is 8. The van der Waals surface area contributed by atoms with E-state index in [2.05, 4.69) is 109 Å². The van der Waals surface area contributed by atoms with Crippen molar-refractivity contribution in [3.63, 3.8) is 0 Å². The number of carboxylic acids is 1. The third-order valence-electron chi connectivity index (χ3n) is 15.1. The Bertz CT molecular complexity index is 3110. The van der Waals surface area contributed by atoms with Crippen molar-refractivity contribution in [1.82, 2.24) is 39.5 Å². The van der Waals surface area contributed by atoms with Gasteiger partial charge < -0.3 is 30.4 Å². The number of nitrogens with two attached hydrogens (primary N) is 1. The molecule has 0 bridgehead atoms. The van der Waals surface area contributed by atoms with Crippen molar-refractivity contribution >= 4 is 52.9 Å². The van der Waals surface area contributed by atoms with Crippen molar-refractivity contribution in [3.8, 4) is 0 Å². The van der Waals surface area contributed by atoms with E-state index in [1.165, 1.54) is 16.7 Å². The Morgan fingerprint density at radius 3 is 2.12 bits per heavy atom. The molecule has 4 aliphatic rings. The van der Waals surface area contributed by atoms with Crippen LogP contribution in [0, 0.1) is 22.7 Å². The van der Waals surface area contributed by atoms with Gasteiger partial charge in [-0.05, 0) is 110 Å². The van der Waals surface area contributed by atoms with Crippen molar-refractivity contribution in [2.45, 2.75) is 133 Å². The van der Waals surface area contributed by atoms with Crippen molar-refractivity contribution in [1.29, 1.82) is 0 Å². The molecule has 2 aliphatic heterocycles. The molecule has 2 aromatic carbocycles. The van der Waals surface area contributed by atoms with E-state index in [0.717, 1.165) is 105 Å². The first kappa shape index (κ1) is 57.6. The second kappa shape index (κ2) is 24.2. The van der Waals surface area contributed by atoms with Crippen LogP contribution in [0.5, 0.6) is 0 Å². The predicted octanol–water partition coefficient (Wildman–Crippen LogP) is 9.62. The lowest BCUT2D eigenvalue weighted by Gasteiger charge is -2.30. The summed E-state index contributed by atoms with van der Waals surface area (Å²) in [6, 6.07) is 16.7. The van der Waals surface area contributed by atoms with Gasteiger partial charge in [-0.3, -0.25) is 19.3 Å². The maximum atomic E-state index is 13.1. The zero-order valence-electron chi connectivity index (χ0n) is 46.2. The number of ether oxygens (including phenoxy) is 3. The first-order chi connectivity index (χ1) is 36.5. The van der Waals surface area contributed by atoms with Crippen molar-refractivity contribution in [2.24, 2.45) is 22.7 Å². The fraction of sp³-hybridized carbons (Fsp3) is 0.536. The molecule has 77 heavy (non-hydrogen) atoms. The number of hydrogen-bond donors (Lipinski definition) is 4. The third kappa shape index (κ3) is 14.8. The van der Waals surface area contributed by atoms with Gasteiger partial charge in [0.1, 0.15) is 6.73 Å². The summed E-state index contributed by atoms with van der Waals surface area (Å²) in [5.74, 6) is -0.611. The molecule has 0 saturated carbocycles. The number of anilines is 2. The highest BCUT2D eigenvalue weighted by Gasteiger charge is 2.35. The summed E-state index contributed by atoms with van der Waals surface area (Å²) in [5, 5.41) is 32.9. The standard InChI is InChI=1S/C25H31N5O4S.C16H28N2O3Si.C15H19N3OS/c1-25(2)9-7-20-21(12-25)28-29-22(20)24(31)27-18-13-26-30(14-18)23(17-8-10-34-15-17)16-5-4-6-19(11-16)35(3,32)33;1-16(2)7-6-12-13(10-16)18(17-14(12)15(19)20)11-21-8-9-22(3,4)5;1-20-14-4-2-3-11(7-14)15(12-5-6-19-10-12)18-9-13(16)8-17-18/h4-6,11,13-14,17,23H,7-10,12,15H2,1-3H3,(H,27,31)(H,28,29);6-11H2,1-5H3,(H,19,20);2-4,7-9,12,15H,5-6,10,16H2,1H3. The summed E-state index contributed by atoms with van der Waals surface area (Å²) in [6.07, 6.45) is 17.6. The van der Waals surface area contributed by atoms with Crippen molar-refractivity contribution < 1.29 is 37.3 Å². The number of carbonyl (C=O) groups is 2. The van der Waals surface area contributed by atoms with Crippen LogP contribution in [0.3, 0.4) is 0 Å². The number of hydrogen-bond acceptors (Lipinski definition) is 13. The maximum absolute atomic E-state index is 13.1. The van der Waals surface area contributed by atoms with E-state index in [1.807, 2.05) is 16.9 Å². The topological polar surface area (TPSA) is 236 Å². The molecule has 2 saturated heterocycles. The molecule has 4 atom stereocenters. The van der Waals surface area contributed by atoms with Crippen LogP contribution in [-0.2, 0) is 56.5 Å². The smallest absolute Gasteiger partial charge is 0.356 e. The number of thioether (sulfide) groups is 1. The van der Waals surface area contributed by atoms with Gasteiger partial charge in [-0.15, -0.1) is 11.8 Å². The highest BCUT2D eigenvalue weighted by Crippen LogP contribution is 2.39. The summed E-state index contributed by atoms with van der Waals surface area (Å²) in [4.78, 5) is 26.0. The number of amides is 1. The average Bonchev–Trinajstić information content (AvgIpc) is 4.27. The Kier molecular flexibility index (Phi) is 18.1. The number of fused-ring (bicyclic) bond motifs is 2. The largest absolute Gasteiger partial charge is 0.476 e. The number of aromatic amines is 1. The molecular formula is C56H78N10O8S2Si. The Balaban J connectivity index is 0.000000162. The number of carboxylic acid groups (broad SMARTS) is 1. The summed E-state index contributed by atoms with van der Waals surface area (Å²) in [7, 11) is -4.45. The Morgan fingerprint density at radius 1 is 0.896 bits per heavy atom. The molecule has 6 aromatic rings. The third-order valence-corrected chi connectivity index (χ3v) is 18.6. The monoisotopic (exact) mass is 1110 g/mol. The SMILES string of the molecule is CC1(C)CCc2c(C(=O)Nc3cnn(C(c4cccc(S(C)(=O)=O)c4)C4CCOC4)c3)n[nH]c2C1.CC1(C)CCc2c(C(=O)O)nn(COCC[Si](C)(C)C)c2C1.CSc1cccc(C(C2CCOC2)n2cc(N)cn2)c1. The minimum atomic E-state index is -3.34. The van der Waals surface area contributed by atoms with Gasteiger partial charge in [0.15, 0.2) is 21.2 Å². The molecular weight excluding hydrogens is 1030 g/mol. The van der Waals surface area contributed by atoms with Crippen LogP contribution < -0.4 is 11.1 Å². The Hall–Kier alpha value is -5.58. The van der Waals surface area contributed by atoms with Crippen LogP contribution in [0.2, 0.25) is 25.7 Å². The minimum absolute atomic E-state index is 0.134. The number of rotatable bonds is 16. The lowest BCUT2D eigenvalue weighted by atomic mass is 9.76. The molecule has 0 radical (unpaired) electrons. The van der Waals surface area contributed by atoms with Crippen LogP contribution in [0.15, 0.2) is 83.1 Å². The Labute approximate surface area is 458 Å². The number of sulfone groups is 1. The first-order valence-corrected chi connectivity index (χ1v) is 33.5. The molecule has 416 valence electrons. The van der Waals surface area contributed by atoms with Crippen molar-refractivity contribution in [2.75, 3.05) is 56.6 Å². The molecule has 0 spiro atoms.